The van der Waals surface area contributed by atoms with Crippen molar-refractivity contribution in [3.05, 3.63) is 89.6 Å². The molecule has 36 heavy (non-hydrogen) atoms. The highest BCUT2D eigenvalue weighted by molar-refractivity contribution is 5.77. The van der Waals surface area contributed by atoms with E-state index in [1.165, 1.54) is 37.1 Å². The summed E-state index contributed by atoms with van der Waals surface area (Å²) in [7, 11) is 0. The molecule has 1 amide bonds. The molecule has 1 aliphatic heterocycles. The minimum absolute atomic E-state index is 0.0176. The number of carbonyl (C=O) groups excluding carboxylic acids is 1. The van der Waals surface area contributed by atoms with E-state index in [4.69, 9.17) is 4.98 Å². The van der Waals surface area contributed by atoms with Crippen LogP contribution in [0.2, 0.25) is 0 Å². The van der Waals surface area contributed by atoms with Gasteiger partial charge in [-0.25, -0.2) is 14.4 Å². The third kappa shape index (κ3) is 5.56. The number of aromatic nitrogens is 3. The van der Waals surface area contributed by atoms with Crippen LogP contribution in [0.4, 0.5) is 10.1 Å². The van der Waals surface area contributed by atoms with E-state index in [2.05, 4.69) is 39.5 Å². The lowest BCUT2D eigenvalue weighted by Gasteiger charge is -2.29. The van der Waals surface area contributed by atoms with Gasteiger partial charge >= 0.3 is 0 Å². The number of hydrogen-bond donors (Lipinski definition) is 1. The second-order valence-electron chi connectivity index (χ2n) is 9.52. The standard InChI is InChI=1S/C29H32FN5O/c1-21(23-9-13-25(14-10-23)34-18-3-2-4-19-34)32-28(36)16-15-27-33-26-6-5-17-31-29(26)35(27)20-22-7-11-24(30)12-8-22/h5-14,17,21H,2-4,15-16,18-20H2,1H3,(H,32,36). The van der Waals surface area contributed by atoms with Crippen LogP contribution in [0.3, 0.4) is 0 Å². The first-order chi connectivity index (χ1) is 17.6. The molecular formula is C29H32FN5O. The van der Waals surface area contributed by atoms with E-state index < -0.39 is 0 Å². The monoisotopic (exact) mass is 485 g/mol. The number of nitrogens with one attached hydrogen (secondary N) is 1. The minimum atomic E-state index is -0.264. The maximum Gasteiger partial charge on any atom is 0.220 e. The molecule has 1 fully saturated rings. The lowest BCUT2D eigenvalue weighted by atomic mass is 10.1. The summed E-state index contributed by atoms with van der Waals surface area (Å²) in [6, 6.07) is 18.7. The van der Waals surface area contributed by atoms with Crippen LogP contribution in [0, 0.1) is 5.82 Å². The van der Waals surface area contributed by atoms with Crippen LogP contribution in [-0.4, -0.2) is 33.5 Å². The molecule has 1 saturated heterocycles. The number of benzene rings is 2. The Labute approximate surface area is 211 Å². The van der Waals surface area contributed by atoms with Crippen LogP contribution in [0.5, 0.6) is 0 Å². The molecular weight excluding hydrogens is 453 g/mol. The number of carbonyl (C=O) groups is 1. The number of halogens is 1. The molecule has 7 heteroatoms. The summed E-state index contributed by atoms with van der Waals surface area (Å²) in [5.74, 6) is 0.511. The maximum atomic E-state index is 13.4. The molecule has 0 saturated carbocycles. The Bertz CT molecular complexity index is 1310. The first-order valence-electron chi connectivity index (χ1n) is 12.8. The van der Waals surface area contributed by atoms with Gasteiger partial charge in [0, 0.05) is 37.8 Å². The third-order valence-corrected chi connectivity index (χ3v) is 6.90. The Morgan fingerprint density at radius 1 is 1.03 bits per heavy atom. The normalized spacial score (nSPS) is 14.7. The van der Waals surface area contributed by atoms with Crippen molar-refractivity contribution in [1.82, 2.24) is 19.9 Å². The zero-order valence-corrected chi connectivity index (χ0v) is 20.7. The number of anilines is 1. The Morgan fingerprint density at radius 2 is 1.78 bits per heavy atom. The Hall–Kier alpha value is -3.74. The minimum Gasteiger partial charge on any atom is -0.372 e. The summed E-state index contributed by atoms with van der Waals surface area (Å²) in [6.07, 6.45) is 6.37. The van der Waals surface area contributed by atoms with Gasteiger partial charge in [0.1, 0.15) is 17.2 Å². The molecule has 3 heterocycles. The zero-order chi connectivity index (χ0) is 24.9. The van der Waals surface area contributed by atoms with Crippen LogP contribution in [0.25, 0.3) is 11.2 Å². The summed E-state index contributed by atoms with van der Waals surface area (Å²) in [5, 5.41) is 3.13. The van der Waals surface area contributed by atoms with Crippen LogP contribution >= 0.6 is 0 Å². The fraction of sp³-hybridized carbons (Fsp3) is 0.345. The van der Waals surface area contributed by atoms with Gasteiger partial charge in [0.25, 0.3) is 0 Å². The number of pyridine rings is 1. The van der Waals surface area contributed by atoms with Gasteiger partial charge in [-0.05, 0) is 73.7 Å². The van der Waals surface area contributed by atoms with Crippen LogP contribution < -0.4 is 10.2 Å². The average molecular weight is 486 g/mol. The molecule has 1 N–H and O–H groups in total. The molecule has 2 aromatic carbocycles. The predicted molar refractivity (Wildman–Crippen MR) is 140 cm³/mol. The van der Waals surface area contributed by atoms with Crippen molar-refractivity contribution in [2.45, 2.75) is 51.6 Å². The number of fused-ring (bicyclic) bond motifs is 1. The van der Waals surface area contributed by atoms with E-state index in [1.807, 2.05) is 23.6 Å². The topological polar surface area (TPSA) is 63.1 Å². The average Bonchev–Trinajstić information content (AvgIpc) is 3.26. The van der Waals surface area contributed by atoms with Crippen molar-refractivity contribution in [2.24, 2.45) is 0 Å². The number of imidazole rings is 1. The third-order valence-electron chi connectivity index (χ3n) is 6.90. The molecule has 2 aromatic heterocycles. The maximum absolute atomic E-state index is 13.4. The SMILES string of the molecule is CC(NC(=O)CCc1nc2cccnc2n1Cc1ccc(F)cc1)c1ccc(N2CCCCC2)cc1. The van der Waals surface area contributed by atoms with Gasteiger partial charge in [0.2, 0.25) is 5.91 Å². The van der Waals surface area contributed by atoms with Gasteiger partial charge in [-0.15, -0.1) is 0 Å². The summed E-state index contributed by atoms with van der Waals surface area (Å²) >= 11 is 0. The van der Waals surface area contributed by atoms with Crippen LogP contribution in [0.15, 0.2) is 66.9 Å². The molecule has 4 aromatic rings. The van der Waals surface area contributed by atoms with Crippen molar-refractivity contribution in [3.8, 4) is 0 Å². The van der Waals surface area contributed by atoms with E-state index in [-0.39, 0.29) is 17.8 Å². The van der Waals surface area contributed by atoms with Crippen LogP contribution in [-0.2, 0) is 17.8 Å². The fourth-order valence-electron chi connectivity index (χ4n) is 4.88. The van der Waals surface area contributed by atoms with Gasteiger partial charge < -0.3 is 14.8 Å². The molecule has 6 nitrogen and oxygen atoms in total. The largest absolute Gasteiger partial charge is 0.372 e. The molecule has 5 rings (SSSR count). The summed E-state index contributed by atoms with van der Waals surface area (Å²) in [6.45, 7) is 4.77. The predicted octanol–water partition coefficient (Wildman–Crippen LogP) is 5.42. The quantitative estimate of drug-likeness (QED) is 0.362. The number of nitrogens with zero attached hydrogens (tertiary/aromatic N) is 4. The first kappa shape index (κ1) is 24.0. The highest BCUT2D eigenvalue weighted by Crippen LogP contribution is 2.23. The lowest BCUT2D eigenvalue weighted by Crippen LogP contribution is -2.29. The van der Waals surface area contributed by atoms with E-state index in [0.717, 1.165) is 41.2 Å². The van der Waals surface area contributed by atoms with E-state index in [1.54, 1.807) is 18.3 Å². The second-order valence-corrected chi connectivity index (χ2v) is 9.52. The van der Waals surface area contributed by atoms with Crippen molar-refractivity contribution >= 4 is 22.8 Å². The number of piperidine rings is 1. The molecule has 0 radical (unpaired) electrons. The molecule has 0 aliphatic carbocycles. The van der Waals surface area contributed by atoms with Gasteiger partial charge in [0.05, 0.1) is 12.6 Å². The molecule has 0 spiro atoms. The van der Waals surface area contributed by atoms with Crippen molar-refractivity contribution in [1.29, 1.82) is 0 Å². The number of rotatable bonds is 8. The Morgan fingerprint density at radius 3 is 2.53 bits per heavy atom. The Kier molecular flexibility index (Phi) is 7.26. The fourth-order valence-corrected chi connectivity index (χ4v) is 4.88. The smallest absolute Gasteiger partial charge is 0.220 e. The summed E-state index contributed by atoms with van der Waals surface area (Å²) < 4.78 is 15.4. The van der Waals surface area contributed by atoms with E-state index in [9.17, 15) is 9.18 Å². The molecule has 1 aliphatic rings. The van der Waals surface area contributed by atoms with Crippen molar-refractivity contribution in [3.63, 3.8) is 0 Å². The molecule has 1 atom stereocenters. The number of amides is 1. The van der Waals surface area contributed by atoms with Gasteiger partial charge in [-0.3, -0.25) is 4.79 Å². The highest BCUT2D eigenvalue weighted by atomic mass is 19.1. The lowest BCUT2D eigenvalue weighted by molar-refractivity contribution is -0.121. The van der Waals surface area contributed by atoms with Gasteiger partial charge in [0.15, 0.2) is 5.65 Å². The number of aryl methyl sites for hydroxylation is 1. The van der Waals surface area contributed by atoms with E-state index in [0.29, 0.717) is 19.4 Å². The summed E-state index contributed by atoms with van der Waals surface area (Å²) in [4.78, 5) is 24.5. The molecule has 1 unspecified atom stereocenters. The summed E-state index contributed by atoms with van der Waals surface area (Å²) in [5.41, 5.74) is 4.85. The first-order valence-corrected chi connectivity index (χ1v) is 12.8. The Balaban J connectivity index is 1.23. The molecule has 0 bridgehead atoms. The second kappa shape index (κ2) is 10.9. The van der Waals surface area contributed by atoms with Gasteiger partial charge in [-0.1, -0.05) is 24.3 Å². The van der Waals surface area contributed by atoms with Crippen molar-refractivity contribution in [2.75, 3.05) is 18.0 Å². The zero-order valence-electron chi connectivity index (χ0n) is 20.7. The highest BCUT2D eigenvalue weighted by Gasteiger charge is 2.16. The van der Waals surface area contributed by atoms with E-state index >= 15 is 0 Å². The van der Waals surface area contributed by atoms with Crippen molar-refractivity contribution < 1.29 is 9.18 Å². The molecule has 186 valence electrons. The van der Waals surface area contributed by atoms with Gasteiger partial charge in [-0.2, -0.15) is 0 Å². The number of hydrogen-bond acceptors (Lipinski definition) is 4. The van der Waals surface area contributed by atoms with Crippen LogP contribution in [0.1, 0.15) is 55.6 Å².